The van der Waals surface area contributed by atoms with Gasteiger partial charge in [-0.25, -0.2) is 4.79 Å². The zero-order valence-corrected chi connectivity index (χ0v) is 11.1. The average Bonchev–Trinajstić information content (AvgIpc) is 2.67. The van der Waals surface area contributed by atoms with Crippen LogP contribution in [0.5, 0.6) is 0 Å². The van der Waals surface area contributed by atoms with E-state index in [1.54, 1.807) is 19.1 Å². The van der Waals surface area contributed by atoms with Crippen LogP contribution in [-0.2, 0) is 6.54 Å². The second-order valence-electron chi connectivity index (χ2n) is 3.47. The van der Waals surface area contributed by atoms with Gasteiger partial charge in [0, 0.05) is 10.4 Å². The maximum Gasteiger partial charge on any atom is 0.329 e. The molecule has 2 heterocycles. The second-order valence-corrected chi connectivity index (χ2v) is 5.64. The summed E-state index contributed by atoms with van der Waals surface area (Å²) in [5.41, 5.74) is -0.577. The highest BCUT2D eigenvalue weighted by Crippen LogP contribution is 2.21. The monoisotopic (exact) mass is 290 g/mol. The predicted molar refractivity (Wildman–Crippen MR) is 69.5 cm³/mol. The first kappa shape index (κ1) is 12.4. The van der Waals surface area contributed by atoms with Crippen molar-refractivity contribution in [2.45, 2.75) is 13.5 Å². The third kappa shape index (κ3) is 2.46. The van der Waals surface area contributed by atoms with Gasteiger partial charge >= 0.3 is 5.69 Å². The smallest absolute Gasteiger partial charge is 0.297 e. The molecule has 0 atom stereocenters. The highest BCUT2D eigenvalue weighted by Gasteiger charge is 2.10. The highest BCUT2D eigenvalue weighted by molar-refractivity contribution is 7.16. The van der Waals surface area contributed by atoms with Gasteiger partial charge in [-0.2, -0.15) is 0 Å². The van der Waals surface area contributed by atoms with Crippen molar-refractivity contribution in [3.8, 4) is 0 Å². The lowest BCUT2D eigenvalue weighted by atomic mass is 10.3. The maximum atomic E-state index is 11.9. The van der Waals surface area contributed by atoms with Crippen LogP contribution in [0.1, 0.15) is 10.4 Å². The number of aromatic nitrogens is 2. The summed E-state index contributed by atoms with van der Waals surface area (Å²) >= 11 is 12.8. The fourth-order valence-electron chi connectivity index (χ4n) is 1.38. The molecule has 0 fully saturated rings. The Morgan fingerprint density at radius 2 is 2.06 bits per heavy atom. The van der Waals surface area contributed by atoms with E-state index in [0.29, 0.717) is 9.90 Å². The Balaban J connectivity index is 2.50. The number of hydrogen-bond acceptors (Lipinski definition) is 3. The van der Waals surface area contributed by atoms with Gasteiger partial charge in [-0.15, -0.1) is 11.3 Å². The average molecular weight is 291 g/mol. The fraction of sp³-hybridized carbons (Fsp3) is 0.200. The van der Waals surface area contributed by atoms with Crippen LogP contribution < -0.4 is 11.2 Å². The molecule has 1 N–H and O–H groups in total. The van der Waals surface area contributed by atoms with Crippen molar-refractivity contribution < 1.29 is 0 Å². The first-order valence-electron chi connectivity index (χ1n) is 4.72. The summed E-state index contributed by atoms with van der Waals surface area (Å²) in [5, 5.41) is 0.0838. The Morgan fingerprint density at radius 1 is 1.35 bits per heavy atom. The zero-order chi connectivity index (χ0) is 12.6. The van der Waals surface area contributed by atoms with E-state index in [-0.39, 0.29) is 17.3 Å². The van der Waals surface area contributed by atoms with Crippen LogP contribution in [0.4, 0.5) is 0 Å². The van der Waals surface area contributed by atoms with Gasteiger partial charge in [0.2, 0.25) is 0 Å². The van der Waals surface area contributed by atoms with Crippen molar-refractivity contribution in [3.63, 3.8) is 0 Å². The van der Waals surface area contributed by atoms with Crippen molar-refractivity contribution in [1.82, 2.24) is 9.55 Å². The molecule has 0 aliphatic heterocycles. The van der Waals surface area contributed by atoms with Gasteiger partial charge < -0.3 is 0 Å². The summed E-state index contributed by atoms with van der Waals surface area (Å²) in [6, 6.07) is 3.51. The Morgan fingerprint density at radius 3 is 2.65 bits per heavy atom. The fourth-order valence-corrected chi connectivity index (χ4v) is 2.62. The molecule has 0 amide bonds. The summed E-state index contributed by atoms with van der Waals surface area (Å²) in [6.07, 6.45) is 0. The highest BCUT2D eigenvalue weighted by atomic mass is 35.5. The van der Waals surface area contributed by atoms with Crippen molar-refractivity contribution in [2.24, 2.45) is 0 Å². The second kappa shape index (κ2) is 4.68. The van der Waals surface area contributed by atoms with Crippen LogP contribution in [0.15, 0.2) is 21.7 Å². The quantitative estimate of drug-likeness (QED) is 0.863. The summed E-state index contributed by atoms with van der Waals surface area (Å²) in [7, 11) is 0. The van der Waals surface area contributed by atoms with E-state index in [4.69, 9.17) is 23.2 Å². The molecule has 0 aliphatic carbocycles. The third-order valence-electron chi connectivity index (χ3n) is 2.30. The van der Waals surface area contributed by atoms with Crippen molar-refractivity contribution >= 4 is 34.5 Å². The van der Waals surface area contributed by atoms with E-state index in [9.17, 15) is 9.59 Å². The molecule has 2 aromatic heterocycles. The Bertz CT molecular complexity index is 672. The zero-order valence-electron chi connectivity index (χ0n) is 8.79. The molecule has 2 aromatic rings. The molecule has 0 bridgehead atoms. The van der Waals surface area contributed by atoms with Gasteiger partial charge in [-0.3, -0.25) is 14.3 Å². The summed E-state index contributed by atoms with van der Waals surface area (Å²) < 4.78 is 1.72. The van der Waals surface area contributed by atoms with Gasteiger partial charge in [0.05, 0.1) is 10.9 Å². The minimum atomic E-state index is -0.518. The molecular weight excluding hydrogens is 283 g/mol. The van der Waals surface area contributed by atoms with Gasteiger partial charge in [0.1, 0.15) is 5.15 Å². The number of H-pyrrole nitrogens is 1. The SMILES string of the molecule is Cc1c(Cl)[nH]c(=O)n(Cc2ccc(Cl)s2)c1=O. The minimum Gasteiger partial charge on any atom is -0.297 e. The van der Waals surface area contributed by atoms with E-state index in [1.807, 2.05) is 0 Å². The lowest BCUT2D eigenvalue weighted by Gasteiger charge is -2.04. The Kier molecular flexibility index (Phi) is 3.42. The Labute approximate surface area is 110 Å². The number of nitrogens with one attached hydrogen (secondary N) is 1. The molecule has 0 saturated heterocycles. The number of nitrogens with zero attached hydrogens (tertiary/aromatic N) is 1. The molecule has 0 aliphatic rings. The van der Waals surface area contributed by atoms with Crippen LogP contribution in [-0.4, -0.2) is 9.55 Å². The topological polar surface area (TPSA) is 54.9 Å². The number of aromatic amines is 1. The van der Waals surface area contributed by atoms with Crippen molar-refractivity contribution in [2.75, 3.05) is 0 Å². The number of rotatable bonds is 2. The van der Waals surface area contributed by atoms with Crippen LogP contribution in [0.2, 0.25) is 9.49 Å². The molecule has 2 rings (SSSR count). The standard InChI is InChI=1S/C10H8Cl2N2O2S/c1-5-8(12)13-10(16)14(9(5)15)4-6-2-3-7(11)17-6/h2-3H,4H2,1H3,(H,13,16). The molecule has 90 valence electrons. The number of hydrogen-bond donors (Lipinski definition) is 1. The maximum absolute atomic E-state index is 11.9. The van der Waals surface area contributed by atoms with Crippen molar-refractivity contribution in [1.29, 1.82) is 0 Å². The minimum absolute atomic E-state index is 0.0838. The van der Waals surface area contributed by atoms with E-state index in [1.165, 1.54) is 11.3 Å². The molecule has 0 radical (unpaired) electrons. The predicted octanol–water partition coefficient (Wildman–Crippen LogP) is 2.26. The molecule has 0 unspecified atom stereocenters. The third-order valence-corrected chi connectivity index (χ3v) is 3.89. The molecule has 7 heteroatoms. The summed E-state index contributed by atoms with van der Waals surface area (Å²) in [4.78, 5) is 26.7. The lowest BCUT2D eigenvalue weighted by Crippen LogP contribution is -2.36. The molecule has 4 nitrogen and oxygen atoms in total. The van der Waals surface area contributed by atoms with E-state index in [2.05, 4.69) is 4.98 Å². The van der Waals surface area contributed by atoms with Gasteiger partial charge in [0.15, 0.2) is 0 Å². The van der Waals surface area contributed by atoms with E-state index in [0.717, 1.165) is 9.44 Å². The van der Waals surface area contributed by atoms with Crippen LogP contribution in [0, 0.1) is 6.92 Å². The molecule has 0 saturated carbocycles. The molecular formula is C10H8Cl2N2O2S. The largest absolute Gasteiger partial charge is 0.329 e. The van der Waals surface area contributed by atoms with Crippen LogP contribution in [0.3, 0.4) is 0 Å². The Hall–Kier alpha value is -1.04. The first-order chi connectivity index (χ1) is 7.99. The molecule has 0 aromatic carbocycles. The molecule has 17 heavy (non-hydrogen) atoms. The number of halogens is 2. The number of thiophene rings is 1. The lowest BCUT2D eigenvalue weighted by molar-refractivity contribution is 0.699. The molecule has 0 spiro atoms. The van der Waals surface area contributed by atoms with Gasteiger partial charge in [-0.1, -0.05) is 23.2 Å². The van der Waals surface area contributed by atoms with Crippen LogP contribution in [0.25, 0.3) is 0 Å². The normalized spacial score (nSPS) is 10.8. The first-order valence-corrected chi connectivity index (χ1v) is 6.29. The van der Waals surface area contributed by atoms with Crippen molar-refractivity contribution in [3.05, 3.63) is 52.9 Å². The van der Waals surface area contributed by atoms with Gasteiger partial charge in [-0.05, 0) is 19.1 Å². The summed E-state index contributed by atoms with van der Waals surface area (Å²) in [5.74, 6) is 0. The van der Waals surface area contributed by atoms with Gasteiger partial charge in [0.25, 0.3) is 5.56 Å². The van der Waals surface area contributed by atoms with E-state index < -0.39 is 5.69 Å². The van der Waals surface area contributed by atoms with E-state index >= 15 is 0 Å². The summed E-state index contributed by atoms with van der Waals surface area (Å²) in [6.45, 7) is 1.77. The van der Waals surface area contributed by atoms with Crippen LogP contribution >= 0.6 is 34.5 Å².